The van der Waals surface area contributed by atoms with Crippen LogP contribution in [0.5, 0.6) is 0 Å². The fourth-order valence-corrected chi connectivity index (χ4v) is 2.99. The van der Waals surface area contributed by atoms with Crippen molar-refractivity contribution in [3.8, 4) is 0 Å². The van der Waals surface area contributed by atoms with Crippen molar-refractivity contribution in [3.05, 3.63) is 71.3 Å². The summed E-state index contributed by atoms with van der Waals surface area (Å²) < 4.78 is 51.0. The van der Waals surface area contributed by atoms with Gasteiger partial charge in [-0.2, -0.15) is 4.31 Å². The van der Waals surface area contributed by atoms with Crippen LogP contribution in [-0.2, 0) is 16.6 Å². The van der Waals surface area contributed by atoms with Crippen LogP contribution in [0.3, 0.4) is 0 Å². The summed E-state index contributed by atoms with van der Waals surface area (Å²) in [6, 6.07) is 11.9. The average Bonchev–Trinajstić information content (AvgIpc) is 2.56. The molecule has 0 aromatic heterocycles. The number of nitrogens with one attached hydrogen (secondary N) is 1. The summed E-state index contributed by atoms with van der Waals surface area (Å²) >= 11 is 0. The van der Waals surface area contributed by atoms with Gasteiger partial charge in [-0.15, -0.1) is 0 Å². The number of nitrogens with zero attached hydrogens (tertiary/aromatic N) is 1. The summed E-state index contributed by atoms with van der Waals surface area (Å²) in [5.74, 6) is -2.76. The number of amides is 1. The van der Waals surface area contributed by atoms with Crippen LogP contribution in [0.15, 0.2) is 48.5 Å². The van der Waals surface area contributed by atoms with Crippen molar-refractivity contribution in [1.82, 2.24) is 9.62 Å². The van der Waals surface area contributed by atoms with E-state index in [1.54, 1.807) is 24.3 Å². The number of hydrogen-bond donors (Lipinski definition) is 1. The number of carbonyl (C=O) groups is 1. The molecule has 0 saturated carbocycles. The van der Waals surface area contributed by atoms with Crippen molar-refractivity contribution in [2.24, 2.45) is 0 Å². The third-order valence-corrected chi connectivity index (χ3v) is 4.75. The van der Waals surface area contributed by atoms with Crippen LogP contribution < -0.4 is 5.32 Å². The van der Waals surface area contributed by atoms with Gasteiger partial charge in [0.05, 0.1) is 6.26 Å². The number of carbonyl (C=O) groups excluding carboxylic acids is 1. The minimum absolute atomic E-state index is 0.0344. The fourth-order valence-electron chi connectivity index (χ4n) is 2.18. The highest BCUT2D eigenvalue weighted by Crippen LogP contribution is 2.09. The summed E-state index contributed by atoms with van der Waals surface area (Å²) in [6.45, 7) is 0.279. The molecule has 0 bridgehead atoms. The monoisotopic (exact) mass is 368 g/mol. The zero-order valence-corrected chi connectivity index (χ0v) is 14.4. The van der Waals surface area contributed by atoms with Gasteiger partial charge >= 0.3 is 0 Å². The smallest absolute Gasteiger partial charge is 0.251 e. The van der Waals surface area contributed by atoms with Gasteiger partial charge in [-0.05, 0) is 23.8 Å². The van der Waals surface area contributed by atoms with Gasteiger partial charge in [0.2, 0.25) is 10.0 Å². The second-order valence-corrected chi connectivity index (χ2v) is 7.45. The molecule has 0 aliphatic heterocycles. The molecule has 0 heterocycles. The van der Waals surface area contributed by atoms with Gasteiger partial charge in [-0.1, -0.05) is 30.3 Å². The van der Waals surface area contributed by atoms with Crippen molar-refractivity contribution < 1.29 is 22.0 Å². The third kappa shape index (κ3) is 5.61. The van der Waals surface area contributed by atoms with E-state index in [4.69, 9.17) is 0 Å². The molecule has 0 unspecified atom stereocenters. The summed E-state index contributed by atoms with van der Waals surface area (Å²) in [6.07, 6.45) is 1.09. The van der Waals surface area contributed by atoms with Crippen molar-refractivity contribution in [1.29, 1.82) is 0 Å². The molecule has 8 heteroatoms. The Kier molecular flexibility index (Phi) is 6.22. The van der Waals surface area contributed by atoms with E-state index in [0.29, 0.717) is 0 Å². The van der Waals surface area contributed by atoms with Gasteiger partial charge < -0.3 is 5.32 Å². The van der Waals surface area contributed by atoms with Crippen molar-refractivity contribution in [3.63, 3.8) is 0 Å². The van der Waals surface area contributed by atoms with E-state index in [1.807, 2.05) is 6.07 Å². The Hall–Kier alpha value is -2.32. The van der Waals surface area contributed by atoms with Crippen molar-refractivity contribution >= 4 is 15.9 Å². The summed E-state index contributed by atoms with van der Waals surface area (Å²) in [7, 11) is -3.47. The van der Waals surface area contributed by atoms with E-state index in [1.165, 1.54) is 4.31 Å². The van der Waals surface area contributed by atoms with Gasteiger partial charge in [0.1, 0.15) is 0 Å². The zero-order chi connectivity index (χ0) is 18.4. The molecule has 0 atom stereocenters. The highest BCUT2D eigenvalue weighted by molar-refractivity contribution is 7.88. The van der Waals surface area contributed by atoms with Crippen molar-refractivity contribution in [2.75, 3.05) is 19.3 Å². The molecule has 2 aromatic rings. The summed E-state index contributed by atoms with van der Waals surface area (Å²) in [5, 5.41) is 2.50. The van der Waals surface area contributed by atoms with Gasteiger partial charge in [-0.3, -0.25) is 4.79 Å². The zero-order valence-electron chi connectivity index (χ0n) is 13.6. The molecule has 2 aromatic carbocycles. The molecular formula is C17H18F2N2O3S. The number of rotatable bonds is 7. The predicted octanol–water partition coefficient (Wildman–Crippen LogP) is 2.16. The van der Waals surface area contributed by atoms with E-state index in [2.05, 4.69) is 5.32 Å². The molecule has 0 spiro atoms. The number of hydrogen-bond acceptors (Lipinski definition) is 3. The topological polar surface area (TPSA) is 66.5 Å². The Balaban J connectivity index is 1.96. The van der Waals surface area contributed by atoms with Gasteiger partial charge in [0.25, 0.3) is 5.91 Å². The molecule has 0 saturated heterocycles. The maximum absolute atomic E-state index is 13.1. The minimum Gasteiger partial charge on any atom is -0.351 e. The maximum Gasteiger partial charge on any atom is 0.251 e. The predicted molar refractivity (Wildman–Crippen MR) is 90.4 cm³/mol. The molecule has 5 nitrogen and oxygen atoms in total. The lowest BCUT2D eigenvalue weighted by molar-refractivity contribution is 0.0951. The quantitative estimate of drug-likeness (QED) is 0.814. The summed E-state index contributed by atoms with van der Waals surface area (Å²) in [4.78, 5) is 11.9. The molecular weight excluding hydrogens is 350 g/mol. The average molecular weight is 368 g/mol. The highest BCUT2D eigenvalue weighted by atomic mass is 32.2. The minimum atomic E-state index is -3.47. The Bertz CT molecular complexity index is 842. The number of benzene rings is 2. The number of sulfonamides is 1. The van der Waals surface area contributed by atoms with E-state index in [0.717, 1.165) is 30.0 Å². The van der Waals surface area contributed by atoms with Crippen LogP contribution >= 0.6 is 0 Å². The van der Waals surface area contributed by atoms with Gasteiger partial charge in [0, 0.05) is 25.2 Å². The van der Waals surface area contributed by atoms with Gasteiger partial charge in [-0.25, -0.2) is 17.2 Å². The van der Waals surface area contributed by atoms with E-state index in [-0.39, 0.29) is 25.2 Å². The molecule has 25 heavy (non-hydrogen) atoms. The Morgan fingerprint density at radius 2 is 1.76 bits per heavy atom. The molecule has 1 N–H and O–H groups in total. The lowest BCUT2D eigenvalue weighted by atomic mass is 10.2. The lowest BCUT2D eigenvalue weighted by Crippen LogP contribution is -2.37. The van der Waals surface area contributed by atoms with Crippen LogP contribution in [0.25, 0.3) is 0 Å². The first-order valence-electron chi connectivity index (χ1n) is 7.49. The molecule has 0 aliphatic carbocycles. The second kappa shape index (κ2) is 8.17. The van der Waals surface area contributed by atoms with Crippen LogP contribution in [0.2, 0.25) is 0 Å². The first-order valence-corrected chi connectivity index (χ1v) is 9.34. The van der Waals surface area contributed by atoms with E-state index in [9.17, 15) is 22.0 Å². The van der Waals surface area contributed by atoms with E-state index >= 15 is 0 Å². The SMILES string of the molecule is CS(=O)(=O)N(CCNC(=O)c1ccc(F)c(F)c1)Cc1ccccc1. The molecule has 0 fully saturated rings. The van der Waals surface area contributed by atoms with E-state index < -0.39 is 27.6 Å². The molecule has 1 amide bonds. The molecule has 134 valence electrons. The first kappa shape index (κ1) is 19.0. The Morgan fingerprint density at radius 1 is 1.08 bits per heavy atom. The standard InChI is InChI=1S/C17H18F2N2O3S/c1-25(23,24)21(12-13-5-3-2-4-6-13)10-9-20-17(22)14-7-8-15(18)16(19)11-14/h2-8,11H,9-10,12H2,1H3,(H,20,22). The Morgan fingerprint density at radius 3 is 2.36 bits per heavy atom. The van der Waals surface area contributed by atoms with Crippen LogP contribution in [0.4, 0.5) is 8.78 Å². The van der Waals surface area contributed by atoms with Gasteiger partial charge in [0.15, 0.2) is 11.6 Å². The first-order chi connectivity index (χ1) is 11.8. The Labute approximate surface area is 145 Å². The third-order valence-electron chi connectivity index (χ3n) is 3.50. The van der Waals surface area contributed by atoms with Crippen LogP contribution in [-0.4, -0.2) is 38.0 Å². The molecule has 0 radical (unpaired) electrons. The normalized spacial score (nSPS) is 11.5. The number of halogens is 2. The second-order valence-electron chi connectivity index (χ2n) is 5.47. The molecule has 2 rings (SSSR count). The maximum atomic E-state index is 13.1. The van der Waals surface area contributed by atoms with Crippen LogP contribution in [0, 0.1) is 11.6 Å². The summed E-state index contributed by atoms with van der Waals surface area (Å²) in [5.41, 5.74) is 0.785. The fraction of sp³-hybridized carbons (Fsp3) is 0.235. The highest BCUT2D eigenvalue weighted by Gasteiger charge is 2.17. The van der Waals surface area contributed by atoms with Crippen LogP contribution in [0.1, 0.15) is 15.9 Å². The molecule has 0 aliphatic rings. The largest absolute Gasteiger partial charge is 0.351 e. The van der Waals surface area contributed by atoms with Crippen molar-refractivity contribution in [2.45, 2.75) is 6.54 Å². The lowest BCUT2D eigenvalue weighted by Gasteiger charge is -2.20.